The second-order valence-corrected chi connectivity index (χ2v) is 7.80. The van der Waals surface area contributed by atoms with Crippen LogP contribution in [0, 0.1) is 0 Å². The van der Waals surface area contributed by atoms with Gasteiger partial charge in [-0.15, -0.1) is 0 Å². The van der Waals surface area contributed by atoms with Crippen LogP contribution in [0.15, 0.2) is 58.2 Å². The van der Waals surface area contributed by atoms with Crippen LogP contribution < -0.4 is 14.2 Å². The molecule has 0 aliphatic carbocycles. The number of hydrogen-bond acceptors (Lipinski definition) is 7. The van der Waals surface area contributed by atoms with E-state index >= 15 is 0 Å². The van der Waals surface area contributed by atoms with Crippen molar-refractivity contribution in [3.05, 3.63) is 59.9 Å². The van der Waals surface area contributed by atoms with E-state index in [0.29, 0.717) is 39.7 Å². The van der Waals surface area contributed by atoms with E-state index in [-0.39, 0.29) is 0 Å². The minimum atomic E-state index is -1.60. The molecule has 0 radical (unpaired) electrons. The lowest BCUT2D eigenvalue weighted by molar-refractivity contribution is 0.402. The number of ether oxygens (including phenoxy) is 2. The summed E-state index contributed by atoms with van der Waals surface area (Å²) in [5.74, 6) is 1.46. The molecule has 1 N–H and O–H groups in total. The van der Waals surface area contributed by atoms with Crippen LogP contribution in [0.1, 0.15) is 18.1 Å². The van der Waals surface area contributed by atoms with Gasteiger partial charge in [-0.3, -0.25) is 4.68 Å². The van der Waals surface area contributed by atoms with Crippen molar-refractivity contribution in [3.8, 4) is 11.5 Å². The molecule has 0 aliphatic heterocycles. The molecular formula is C21H22N4O4S. The summed E-state index contributed by atoms with van der Waals surface area (Å²) in [4.78, 5) is 0.544. The molecule has 30 heavy (non-hydrogen) atoms. The first-order chi connectivity index (χ1) is 14.6. The van der Waals surface area contributed by atoms with E-state index in [1.165, 1.54) is 0 Å². The van der Waals surface area contributed by atoms with Gasteiger partial charge in [0.1, 0.15) is 22.5 Å². The molecule has 0 amide bonds. The molecule has 1 atom stereocenters. The lowest BCUT2D eigenvalue weighted by Crippen LogP contribution is -2.15. The van der Waals surface area contributed by atoms with Crippen LogP contribution in [0.2, 0.25) is 0 Å². The highest BCUT2D eigenvalue weighted by Crippen LogP contribution is 2.36. The summed E-state index contributed by atoms with van der Waals surface area (Å²) in [6, 6.07) is 11.3. The number of rotatable bonds is 8. The van der Waals surface area contributed by atoms with Crippen molar-refractivity contribution in [1.82, 2.24) is 14.9 Å². The smallest absolute Gasteiger partial charge is 0.224 e. The average molecular weight is 426 g/mol. The molecular weight excluding hydrogens is 404 g/mol. The van der Waals surface area contributed by atoms with Crippen molar-refractivity contribution in [2.24, 2.45) is 0 Å². The molecule has 2 heterocycles. The Bertz CT molecular complexity index is 1140. The standard InChI is InChI=1S/C21H22N4O4S/c1-4-14-6-7-16(27-2)19(12-14)30(26)24-21-20-17(28-3)10-15(11-18(20)29-23-21)13-25-9-5-8-22-25/h5-12H,4,13H2,1-3H3,(H,23,24). The summed E-state index contributed by atoms with van der Waals surface area (Å²) in [5.41, 5.74) is 2.54. The molecule has 0 spiro atoms. The molecule has 4 aromatic rings. The van der Waals surface area contributed by atoms with Gasteiger partial charge in [0.2, 0.25) is 10.7 Å². The highest BCUT2D eigenvalue weighted by molar-refractivity contribution is 7.92. The van der Waals surface area contributed by atoms with E-state index in [1.807, 2.05) is 49.5 Å². The summed E-state index contributed by atoms with van der Waals surface area (Å²) in [6.45, 7) is 2.61. The second-order valence-electron chi connectivity index (χ2n) is 6.62. The zero-order chi connectivity index (χ0) is 21.1. The lowest BCUT2D eigenvalue weighted by atomic mass is 10.1. The van der Waals surface area contributed by atoms with Crippen LogP contribution >= 0.6 is 0 Å². The zero-order valence-electron chi connectivity index (χ0n) is 16.9. The summed E-state index contributed by atoms with van der Waals surface area (Å²) in [6.07, 6.45) is 4.43. The second kappa shape index (κ2) is 8.68. The van der Waals surface area contributed by atoms with Gasteiger partial charge in [-0.05, 0) is 41.8 Å². The number of benzene rings is 2. The number of aryl methyl sites for hydroxylation is 1. The highest BCUT2D eigenvalue weighted by Gasteiger charge is 2.24. The number of nitrogens with zero attached hydrogens (tertiary/aromatic N) is 3. The molecule has 4 rings (SSSR count). The number of aromatic nitrogens is 3. The fourth-order valence-electron chi connectivity index (χ4n) is 3.22. The Kier molecular flexibility index (Phi) is 5.82. The number of methoxy groups -OCH3 is 2. The average Bonchev–Trinajstić information content (AvgIpc) is 3.42. The van der Waals surface area contributed by atoms with Crippen molar-refractivity contribution in [2.45, 2.75) is 24.8 Å². The Morgan fingerprint density at radius 2 is 1.97 bits per heavy atom. The number of fused-ring (bicyclic) bond motifs is 1. The molecule has 0 saturated heterocycles. The Morgan fingerprint density at radius 1 is 1.13 bits per heavy atom. The minimum Gasteiger partial charge on any atom is -0.588 e. The van der Waals surface area contributed by atoms with Gasteiger partial charge in [0.15, 0.2) is 11.3 Å². The fraction of sp³-hybridized carbons (Fsp3) is 0.238. The molecule has 0 bridgehead atoms. The van der Waals surface area contributed by atoms with Crippen molar-refractivity contribution < 1.29 is 18.5 Å². The summed E-state index contributed by atoms with van der Waals surface area (Å²) >= 11 is -1.60. The summed E-state index contributed by atoms with van der Waals surface area (Å²) in [5, 5.41) is 8.93. The van der Waals surface area contributed by atoms with Crippen LogP contribution in [-0.2, 0) is 24.3 Å². The number of nitrogens with one attached hydrogen (secondary N) is 1. The van der Waals surface area contributed by atoms with Crippen LogP contribution in [0.4, 0.5) is 5.82 Å². The summed E-state index contributed by atoms with van der Waals surface area (Å²) in [7, 11) is 3.13. The van der Waals surface area contributed by atoms with Gasteiger partial charge in [0.05, 0.1) is 20.8 Å². The van der Waals surface area contributed by atoms with Gasteiger partial charge in [0, 0.05) is 18.5 Å². The van der Waals surface area contributed by atoms with Crippen LogP contribution in [0.3, 0.4) is 0 Å². The van der Waals surface area contributed by atoms with Crippen molar-refractivity contribution in [3.63, 3.8) is 0 Å². The van der Waals surface area contributed by atoms with Crippen LogP contribution in [0.5, 0.6) is 11.5 Å². The molecule has 2 aromatic heterocycles. The van der Waals surface area contributed by atoms with E-state index < -0.39 is 11.4 Å². The van der Waals surface area contributed by atoms with E-state index in [0.717, 1.165) is 17.5 Å². The SMILES string of the molecule is CCc1ccc(OC)c([S+]([O-])Nc2noc3cc(Cn4cccn4)cc(OC)c23)c1. The van der Waals surface area contributed by atoms with Crippen LogP contribution in [0.25, 0.3) is 11.0 Å². The van der Waals surface area contributed by atoms with Gasteiger partial charge in [-0.25, -0.2) is 0 Å². The van der Waals surface area contributed by atoms with Gasteiger partial charge in [-0.1, -0.05) is 18.1 Å². The largest absolute Gasteiger partial charge is 0.588 e. The predicted molar refractivity (Wildman–Crippen MR) is 114 cm³/mol. The quantitative estimate of drug-likeness (QED) is 0.428. The first-order valence-electron chi connectivity index (χ1n) is 9.42. The normalized spacial score (nSPS) is 12.1. The number of hydrogen-bond donors (Lipinski definition) is 1. The van der Waals surface area contributed by atoms with E-state index in [4.69, 9.17) is 14.0 Å². The molecule has 156 valence electrons. The monoisotopic (exact) mass is 426 g/mol. The maximum atomic E-state index is 13.1. The molecule has 8 nitrogen and oxygen atoms in total. The molecule has 1 unspecified atom stereocenters. The van der Waals surface area contributed by atoms with E-state index in [9.17, 15) is 4.55 Å². The first kappa shape index (κ1) is 20.1. The minimum absolute atomic E-state index is 0.342. The topological polar surface area (TPSA) is 97.4 Å². The maximum absolute atomic E-state index is 13.1. The molecule has 2 aromatic carbocycles. The molecule has 0 saturated carbocycles. The Labute approximate surface area is 177 Å². The fourth-order valence-corrected chi connectivity index (χ4v) is 4.24. The zero-order valence-corrected chi connectivity index (χ0v) is 17.7. The molecule has 9 heteroatoms. The van der Waals surface area contributed by atoms with Crippen molar-refractivity contribution in [2.75, 3.05) is 18.9 Å². The molecule has 0 aliphatic rings. The lowest BCUT2D eigenvalue weighted by Gasteiger charge is -2.14. The third-order valence-electron chi connectivity index (χ3n) is 4.75. The third kappa shape index (κ3) is 3.94. The Hall–Kier alpha value is -3.17. The first-order valence-corrected chi connectivity index (χ1v) is 10.6. The maximum Gasteiger partial charge on any atom is 0.224 e. The van der Waals surface area contributed by atoms with Gasteiger partial charge in [0.25, 0.3) is 0 Å². The Balaban J connectivity index is 1.66. The third-order valence-corrected chi connectivity index (χ3v) is 5.84. The summed E-state index contributed by atoms with van der Waals surface area (Å²) < 4.78 is 34.2. The van der Waals surface area contributed by atoms with Crippen LogP contribution in [-0.4, -0.2) is 33.7 Å². The van der Waals surface area contributed by atoms with Crippen molar-refractivity contribution in [1.29, 1.82) is 0 Å². The van der Waals surface area contributed by atoms with Crippen molar-refractivity contribution >= 4 is 28.1 Å². The van der Waals surface area contributed by atoms with Gasteiger partial charge in [-0.2, -0.15) is 9.82 Å². The van der Waals surface area contributed by atoms with E-state index in [1.54, 1.807) is 25.1 Å². The Morgan fingerprint density at radius 3 is 2.67 bits per heavy atom. The van der Waals surface area contributed by atoms with Gasteiger partial charge < -0.3 is 18.5 Å². The van der Waals surface area contributed by atoms with Gasteiger partial charge >= 0.3 is 0 Å². The molecule has 0 fully saturated rings. The van der Waals surface area contributed by atoms with E-state index in [2.05, 4.69) is 15.0 Å². The number of anilines is 1. The predicted octanol–water partition coefficient (Wildman–Crippen LogP) is 3.79. The highest BCUT2D eigenvalue weighted by atomic mass is 32.2.